The van der Waals surface area contributed by atoms with Gasteiger partial charge in [0.15, 0.2) is 16.9 Å². The second-order valence-electron chi connectivity index (χ2n) is 4.59. The molecule has 0 saturated heterocycles. The summed E-state index contributed by atoms with van der Waals surface area (Å²) in [6, 6.07) is 6.42. The van der Waals surface area contributed by atoms with E-state index in [1.165, 1.54) is 13.2 Å². The van der Waals surface area contributed by atoms with Gasteiger partial charge in [-0.2, -0.15) is 5.26 Å². The molecule has 2 aromatic rings. The normalized spacial score (nSPS) is 11.6. The van der Waals surface area contributed by atoms with Gasteiger partial charge >= 0.3 is 11.6 Å². The highest BCUT2D eigenvalue weighted by atomic mass is 79.9. The number of esters is 1. The van der Waals surface area contributed by atoms with Crippen molar-refractivity contribution in [3.63, 3.8) is 0 Å². The molecule has 1 heterocycles. The van der Waals surface area contributed by atoms with E-state index >= 15 is 0 Å². The van der Waals surface area contributed by atoms with Crippen molar-refractivity contribution in [1.29, 1.82) is 5.26 Å². The highest BCUT2D eigenvalue weighted by molar-refractivity contribution is 9.10. The first-order valence-electron chi connectivity index (χ1n) is 6.81. The molecule has 1 aromatic heterocycles. The Hall–Kier alpha value is -2.79. The maximum Gasteiger partial charge on any atom is 0.351 e. The molecule has 24 heavy (non-hydrogen) atoms. The van der Waals surface area contributed by atoms with E-state index in [0.29, 0.717) is 15.6 Å². The number of hydrogen-bond donors (Lipinski definition) is 1. The zero-order valence-corrected chi connectivity index (χ0v) is 14.5. The molecule has 7 nitrogen and oxygen atoms in total. The number of methoxy groups -OCH3 is 1. The summed E-state index contributed by atoms with van der Waals surface area (Å²) >= 11 is 3.32. The summed E-state index contributed by atoms with van der Waals surface area (Å²) in [6.45, 7) is 1.67. The SMILES string of the molecule is CCOC(=O)/C(C#N)=C(/N)c1cc2cc(Br)cc(OC)c2oc1=O. The average Bonchev–Trinajstić information content (AvgIpc) is 2.54. The fourth-order valence-electron chi connectivity index (χ4n) is 2.06. The molecule has 0 amide bonds. The smallest absolute Gasteiger partial charge is 0.351 e. The lowest BCUT2D eigenvalue weighted by Crippen LogP contribution is -2.17. The van der Waals surface area contributed by atoms with E-state index in [4.69, 9.17) is 24.9 Å². The first-order valence-corrected chi connectivity index (χ1v) is 7.61. The number of nitrogens with two attached hydrogens (primary N) is 1. The van der Waals surface area contributed by atoms with E-state index in [1.807, 2.05) is 0 Å². The van der Waals surface area contributed by atoms with E-state index in [2.05, 4.69) is 15.9 Å². The van der Waals surface area contributed by atoms with Crippen LogP contribution < -0.4 is 16.1 Å². The number of benzene rings is 1. The molecular formula is C16H13BrN2O5. The summed E-state index contributed by atoms with van der Waals surface area (Å²) in [6.07, 6.45) is 0. The number of halogens is 1. The van der Waals surface area contributed by atoms with Crippen LogP contribution in [-0.2, 0) is 9.53 Å². The Kier molecular flexibility index (Phi) is 5.26. The third kappa shape index (κ3) is 3.26. The molecule has 0 saturated carbocycles. The zero-order chi connectivity index (χ0) is 17.9. The Morgan fingerprint density at radius 2 is 2.12 bits per heavy atom. The highest BCUT2D eigenvalue weighted by Crippen LogP contribution is 2.30. The van der Waals surface area contributed by atoms with Crippen LogP contribution in [0.4, 0.5) is 0 Å². The van der Waals surface area contributed by atoms with Gasteiger partial charge in [-0.15, -0.1) is 0 Å². The zero-order valence-electron chi connectivity index (χ0n) is 12.9. The maximum atomic E-state index is 12.2. The van der Waals surface area contributed by atoms with Gasteiger partial charge in [0.2, 0.25) is 0 Å². The van der Waals surface area contributed by atoms with Crippen LogP contribution in [-0.4, -0.2) is 19.7 Å². The van der Waals surface area contributed by atoms with E-state index in [0.717, 1.165) is 0 Å². The molecule has 0 bridgehead atoms. The second-order valence-corrected chi connectivity index (χ2v) is 5.51. The van der Waals surface area contributed by atoms with Gasteiger partial charge in [-0.1, -0.05) is 15.9 Å². The largest absolute Gasteiger partial charge is 0.493 e. The van der Waals surface area contributed by atoms with E-state index in [1.54, 1.807) is 25.1 Å². The molecule has 124 valence electrons. The molecule has 0 aliphatic carbocycles. The van der Waals surface area contributed by atoms with Crippen molar-refractivity contribution in [3.8, 4) is 11.8 Å². The summed E-state index contributed by atoms with van der Waals surface area (Å²) in [4.78, 5) is 24.0. The van der Waals surface area contributed by atoms with Gasteiger partial charge in [-0.3, -0.25) is 0 Å². The van der Waals surface area contributed by atoms with E-state index < -0.39 is 17.2 Å². The van der Waals surface area contributed by atoms with Crippen molar-refractivity contribution in [3.05, 3.63) is 44.2 Å². The molecule has 0 atom stereocenters. The van der Waals surface area contributed by atoms with Gasteiger partial charge in [0, 0.05) is 9.86 Å². The number of rotatable bonds is 4. The van der Waals surface area contributed by atoms with Crippen molar-refractivity contribution in [2.75, 3.05) is 13.7 Å². The van der Waals surface area contributed by atoms with Gasteiger partial charge in [-0.25, -0.2) is 9.59 Å². The van der Waals surface area contributed by atoms with Gasteiger partial charge in [0.25, 0.3) is 0 Å². The molecule has 2 rings (SSSR count). The third-order valence-electron chi connectivity index (χ3n) is 3.13. The third-order valence-corrected chi connectivity index (χ3v) is 3.59. The number of fused-ring (bicyclic) bond motifs is 1. The number of carbonyl (C=O) groups is 1. The fraction of sp³-hybridized carbons (Fsp3) is 0.188. The van der Waals surface area contributed by atoms with Crippen molar-refractivity contribution in [2.24, 2.45) is 5.73 Å². The van der Waals surface area contributed by atoms with Crippen molar-refractivity contribution in [2.45, 2.75) is 6.92 Å². The molecule has 0 aliphatic rings. The second kappa shape index (κ2) is 7.19. The van der Waals surface area contributed by atoms with Gasteiger partial charge in [0.1, 0.15) is 6.07 Å². The van der Waals surface area contributed by atoms with E-state index in [-0.39, 0.29) is 23.5 Å². The molecule has 8 heteroatoms. The van der Waals surface area contributed by atoms with Crippen molar-refractivity contribution < 1.29 is 18.7 Å². The Labute approximate surface area is 145 Å². The van der Waals surface area contributed by atoms with Crippen LogP contribution in [0.5, 0.6) is 5.75 Å². The van der Waals surface area contributed by atoms with Crippen LogP contribution in [0.1, 0.15) is 12.5 Å². The lowest BCUT2D eigenvalue weighted by molar-refractivity contribution is -0.137. The number of hydrogen-bond acceptors (Lipinski definition) is 7. The van der Waals surface area contributed by atoms with Crippen LogP contribution in [0.25, 0.3) is 16.7 Å². The molecule has 0 aliphatic heterocycles. The average molecular weight is 393 g/mol. The molecule has 0 unspecified atom stereocenters. The molecule has 2 N–H and O–H groups in total. The van der Waals surface area contributed by atoms with Crippen LogP contribution in [0.2, 0.25) is 0 Å². The molecular weight excluding hydrogens is 380 g/mol. The number of nitrogens with zero attached hydrogens (tertiary/aromatic N) is 1. The summed E-state index contributed by atoms with van der Waals surface area (Å²) < 4.78 is 15.9. The molecule has 0 spiro atoms. The number of nitriles is 1. The summed E-state index contributed by atoms with van der Waals surface area (Å²) in [7, 11) is 1.44. The molecule has 1 aromatic carbocycles. The Morgan fingerprint density at radius 3 is 2.71 bits per heavy atom. The first-order chi connectivity index (χ1) is 11.4. The quantitative estimate of drug-likeness (QED) is 0.367. The predicted molar refractivity (Wildman–Crippen MR) is 90.1 cm³/mol. The van der Waals surface area contributed by atoms with Crippen molar-refractivity contribution >= 4 is 38.6 Å². The number of ether oxygens (including phenoxy) is 2. The maximum absolute atomic E-state index is 12.2. The van der Waals surface area contributed by atoms with Crippen molar-refractivity contribution in [1.82, 2.24) is 0 Å². The lowest BCUT2D eigenvalue weighted by atomic mass is 10.1. The monoisotopic (exact) mass is 392 g/mol. The Balaban J connectivity index is 2.73. The van der Waals surface area contributed by atoms with Gasteiger partial charge in [-0.05, 0) is 25.1 Å². The van der Waals surface area contributed by atoms with Gasteiger partial charge in [0.05, 0.1) is 25.0 Å². The standard InChI is InChI=1S/C16H13BrN2O5/c1-3-23-15(20)11(7-18)13(19)10-5-8-4-9(17)6-12(22-2)14(8)24-16(10)21/h4-6H,3,19H2,1-2H3/b13-11+. The molecule has 0 fully saturated rings. The van der Waals surface area contributed by atoms with Crippen LogP contribution >= 0.6 is 15.9 Å². The van der Waals surface area contributed by atoms with Gasteiger partial charge < -0.3 is 19.6 Å². The number of carbonyl (C=O) groups excluding carboxylic acids is 1. The van der Waals surface area contributed by atoms with E-state index in [9.17, 15) is 9.59 Å². The Morgan fingerprint density at radius 1 is 1.42 bits per heavy atom. The minimum atomic E-state index is -0.899. The summed E-state index contributed by atoms with van der Waals surface area (Å²) in [5.74, 6) is -0.541. The first kappa shape index (κ1) is 17.6. The van der Waals surface area contributed by atoms with Crippen LogP contribution in [0.15, 0.2) is 37.5 Å². The summed E-state index contributed by atoms with van der Waals surface area (Å²) in [5.41, 5.74) is 4.42. The van der Waals surface area contributed by atoms with Crippen LogP contribution in [0.3, 0.4) is 0 Å². The predicted octanol–water partition coefficient (Wildman–Crippen LogP) is 2.32. The minimum Gasteiger partial charge on any atom is -0.493 e. The van der Waals surface area contributed by atoms with Crippen LogP contribution in [0, 0.1) is 11.3 Å². The lowest BCUT2D eigenvalue weighted by Gasteiger charge is -2.08. The minimum absolute atomic E-state index is 0.0771. The highest BCUT2D eigenvalue weighted by Gasteiger charge is 2.20. The Bertz CT molecular complexity index is 940. The molecule has 0 radical (unpaired) electrons. The topological polar surface area (TPSA) is 116 Å². The summed E-state index contributed by atoms with van der Waals surface area (Å²) in [5, 5.41) is 9.65. The fourth-order valence-corrected chi connectivity index (χ4v) is 2.51.